The predicted octanol–water partition coefficient (Wildman–Crippen LogP) is 1.02. The highest BCUT2D eigenvalue weighted by Crippen LogP contribution is 2.10. The Morgan fingerprint density at radius 3 is 3.11 bits per heavy atom. The Balaban J connectivity index is 2.72. The molecule has 1 aromatic heterocycles. The van der Waals surface area contributed by atoms with Crippen LogP contribution in [-0.4, -0.2) is 11.4 Å². The third kappa shape index (κ3) is 1.50. The van der Waals surface area contributed by atoms with Crippen LogP contribution < -0.4 is 5.32 Å². The number of amides is 1. The van der Waals surface area contributed by atoms with Crippen molar-refractivity contribution in [1.29, 1.82) is 0 Å². The standard InChI is InChI=1S/C5H6N2OS/c1-4-7-5(2-9-4)6-3-8/h2-3H,1H3,(H,6,8). The van der Waals surface area contributed by atoms with Crippen LogP contribution in [0.2, 0.25) is 0 Å². The van der Waals surface area contributed by atoms with Gasteiger partial charge in [0.1, 0.15) is 5.82 Å². The monoisotopic (exact) mass is 142 g/mol. The van der Waals surface area contributed by atoms with Crippen molar-refractivity contribution in [2.45, 2.75) is 6.92 Å². The first-order chi connectivity index (χ1) is 4.33. The van der Waals surface area contributed by atoms with Gasteiger partial charge in [0.25, 0.3) is 0 Å². The number of carbonyl (C=O) groups is 1. The Hall–Kier alpha value is -0.900. The van der Waals surface area contributed by atoms with Crippen molar-refractivity contribution in [3.8, 4) is 0 Å². The summed E-state index contributed by atoms with van der Waals surface area (Å²) in [6.45, 7) is 1.89. The fraction of sp³-hybridized carbons (Fsp3) is 0.200. The van der Waals surface area contributed by atoms with Crippen molar-refractivity contribution in [2.75, 3.05) is 5.32 Å². The second kappa shape index (κ2) is 2.59. The second-order valence-corrected chi connectivity index (χ2v) is 2.58. The maximum absolute atomic E-state index is 9.84. The van der Waals surface area contributed by atoms with Gasteiger partial charge in [-0.1, -0.05) is 0 Å². The Bertz CT molecular complexity index is 208. The lowest BCUT2D eigenvalue weighted by Gasteiger charge is -1.84. The Kier molecular flexibility index (Phi) is 1.79. The van der Waals surface area contributed by atoms with E-state index in [0.29, 0.717) is 12.2 Å². The molecule has 0 atom stereocenters. The van der Waals surface area contributed by atoms with Crippen LogP contribution in [0.5, 0.6) is 0 Å². The first-order valence-corrected chi connectivity index (χ1v) is 3.33. The first-order valence-electron chi connectivity index (χ1n) is 2.45. The van der Waals surface area contributed by atoms with E-state index >= 15 is 0 Å². The molecule has 48 valence electrons. The minimum atomic E-state index is 0.620. The van der Waals surface area contributed by atoms with E-state index in [1.807, 2.05) is 6.92 Å². The molecule has 0 aliphatic carbocycles. The van der Waals surface area contributed by atoms with E-state index in [9.17, 15) is 4.79 Å². The molecule has 0 saturated carbocycles. The zero-order chi connectivity index (χ0) is 6.69. The first kappa shape index (κ1) is 6.22. The van der Waals surface area contributed by atoms with Crippen LogP contribution in [0, 0.1) is 6.92 Å². The van der Waals surface area contributed by atoms with Gasteiger partial charge in [-0.3, -0.25) is 4.79 Å². The minimum Gasteiger partial charge on any atom is -0.313 e. The molecular formula is C5H6N2OS. The third-order valence-corrected chi connectivity index (χ3v) is 1.60. The number of carbonyl (C=O) groups excluding carboxylic acids is 1. The number of hydrogen-bond donors (Lipinski definition) is 1. The minimum absolute atomic E-state index is 0.620. The van der Waals surface area contributed by atoms with Crippen LogP contribution in [-0.2, 0) is 4.79 Å². The molecule has 1 amide bonds. The lowest BCUT2D eigenvalue weighted by atomic mass is 10.7. The number of anilines is 1. The van der Waals surface area contributed by atoms with Gasteiger partial charge in [-0.05, 0) is 6.92 Å². The molecule has 1 heterocycles. The maximum Gasteiger partial charge on any atom is 0.212 e. The predicted molar refractivity (Wildman–Crippen MR) is 36.5 cm³/mol. The highest BCUT2D eigenvalue weighted by molar-refractivity contribution is 7.09. The largest absolute Gasteiger partial charge is 0.313 e. The molecule has 1 aromatic rings. The molecule has 3 nitrogen and oxygen atoms in total. The van der Waals surface area contributed by atoms with Crippen molar-refractivity contribution < 1.29 is 4.79 Å². The highest BCUT2D eigenvalue weighted by atomic mass is 32.1. The Morgan fingerprint density at radius 1 is 1.89 bits per heavy atom. The fourth-order valence-corrected chi connectivity index (χ4v) is 1.04. The van der Waals surface area contributed by atoms with Gasteiger partial charge in [-0.15, -0.1) is 11.3 Å². The SMILES string of the molecule is Cc1nc(NC=O)cs1. The van der Waals surface area contributed by atoms with E-state index in [2.05, 4.69) is 10.3 Å². The molecule has 0 aliphatic heterocycles. The smallest absolute Gasteiger partial charge is 0.212 e. The quantitative estimate of drug-likeness (QED) is 0.626. The fourth-order valence-electron chi connectivity index (χ4n) is 0.490. The summed E-state index contributed by atoms with van der Waals surface area (Å²) in [4.78, 5) is 13.8. The molecule has 0 saturated heterocycles. The van der Waals surface area contributed by atoms with Crippen molar-refractivity contribution in [3.63, 3.8) is 0 Å². The van der Waals surface area contributed by atoms with Gasteiger partial charge in [-0.2, -0.15) is 0 Å². The van der Waals surface area contributed by atoms with E-state index in [0.717, 1.165) is 5.01 Å². The van der Waals surface area contributed by atoms with Gasteiger partial charge in [0.05, 0.1) is 5.01 Å². The van der Waals surface area contributed by atoms with Gasteiger partial charge in [0.15, 0.2) is 0 Å². The van der Waals surface area contributed by atoms with Gasteiger partial charge < -0.3 is 5.32 Å². The number of nitrogens with zero attached hydrogens (tertiary/aromatic N) is 1. The molecule has 0 bridgehead atoms. The zero-order valence-electron chi connectivity index (χ0n) is 4.92. The van der Waals surface area contributed by atoms with E-state index in [4.69, 9.17) is 0 Å². The van der Waals surface area contributed by atoms with Crippen LogP contribution in [0.3, 0.4) is 0 Å². The average molecular weight is 142 g/mol. The van der Waals surface area contributed by atoms with E-state index in [1.165, 1.54) is 11.3 Å². The van der Waals surface area contributed by atoms with Crippen LogP contribution in [0.15, 0.2) is 5.38 Å². The van der Waals surface area contributed by atoms with Gasteiger partial charge >= 0.3 is 0 Å². The second-order valence-electron chi connectivity index (χ2n) is 1.51. The summed E-state index contributed by atoms with van der Waals surface area (Å²) in [6, 6.07) is 0. The molecule has 0 aromatic carbocycles. The summed E-state index contributed by atoms with van der Waals surface area (Å²) in [5.74, 6) is 0.632. The van der Waals surface area contributed by atoms with Crippen LogP contribution in [0.4, 0.5) is 5.82 Å². The summed E-state index contributed by atoms with van der Waals surface area (Å²) >= 11 is 1.51. The summed E-state index contributed by atoms with van der Waals surface area (Å²) in [7, 11) is 0. The molecular weight excluding hydrogens is 136 g/mol. The van der Waals surface area contributed by atoms with Gasteiger partial charge in [-0.25, -0.2) is 4.98 Å². The third-order valence-electron chi connectivity index (χ3n) is 0.826. The molecule has 1 rings (SSSR count). The summed E-state index contributed by atoms with van der Waals surface area (Å²) < 4.78 is 0. The van der Waals surface area contributed by atoms with E-state index in [1.54, 1.807) is 5.38 Å². The van der Waals surface area contributed by atoms with Crippen LogP contribution >= 0.6 is 11.3 Å². The highest BCUT2D eigenvalue weighted by Gasteiger charge is 1.92. The van der Waals surface area contributed by atoms with Crippen molar-refractivity contribution >= 4 is 23.6 Å². The van der Waals surface area contributed by atoms with E-state index in [-0.39, 0.29) is 0 Å². The summed E-state index contributed by atoms with van der Waals surface area (Å²) in [5.41, 5.74) is 0. The number of thiazole rings is 1. The summed E-state index contributed by atoms with van der Waals surface area (Å²) in [5, 5.41) is 5.20. The maximum atomic E-state index is 9.84. The molecule has 9 heavy (non-hydrogen) atoms. The average Bonchev–Trinajstić information content (AvgIpc) is 2.17. The number of aromatic nitrogens is 1. The number of rotatable bonds is 2. The Morgan fingerprint density at radius 2 is 2.67 bits per heavy atom. The number of hydrogen-bond acceptors (Lipinski definition) is 3. The number of nitrogens with one attached hydrogen (secondary N) is 1. The Labute approximate surface area is 56.7 Å². The van der Waals surface area contributed by atoms with Crippen LogP contribution in [0.1, 0.15) is 5.01 Å². The summed E-state index contributed by atoms with van der Waals surface area (Å²) in [6.07, 6.45) is 0.620. The van der Waals surface area contributed by atoms with E-state index < -0.39 is 0 Å². The van der Waals surface area contributed by atoms with Crippen LogP contribution in [0.25, 0.3) is 0 Å². The molecule has 4 heteroatoms. The molecule has 0 aliphatic rings. The molecule has 0 unspecified atom stereocenters. The van der Waals surface area contributed by atoms with Crippen molar-refractivity contribution in [3.05, 3.63) is 10.4 Å². The molecule has 0 radical (unpaired) electrons. The zero-order valence-corrected chi connectivity index (χ0v) is 5.73. The normalized spacial score (nSPS) is 9.00. The molecule has 0 fully saturated rings. The number of aryl methyl sites for hydroxylation is 1. The van der Waals surface area contributed by atoms with Gasteiger partial charge in [0.2, 0.25) is 6.41 Å². The van der Waals surface area contributed by atoms with Gasteiger partial charge in [0, 0.05) is 5.38 Å². The van der Waals surface area contributed by atoms with Crippen molar-refractivity contribution in [1.82, 2.24) is 4.98 Å². The molecule has 1 N–H and O–H groups in total. The lowest BCUT2D eigenvalue weighted by molar-refractivity contribution is -0.105. The molecule has 0 spiro atoms. The lowest BCUT2D eigenvalue weighted by Crippen LogP contribution is -1.92. The van der Waals surface area contributed by atoms with Crippen molar-refractivity contribution in [2.24, 2.45) is 0 Å². The topological polar surface area (TPSA) is 42.0 Å².